The van der Waals surface area contributed by atoms with Gasteiger partial charge in [0.2, 0.25) is 10.0 Å². The minimum atomic E-state index is -3.68. The van der Waals surface area contributed by atoms with Crippen molar-refractivity contribution in [2.75, 3.05) is 39.4 Å². The molecular formula is C21H28N4O5S. The van der Waals surface area contributed by atoms with Gasteiger partial charge >= 0.3 is 0 Å². The number of carbonyl (C=O) groups excluding carboxylic acids is 2. The lowest BCUT2D eigenvalue weighted by molar-refractivity contribution is 0.0730. The maximum Gasteiger partial charge on any atom is 0.268 e. The molecular weight excluding hydrogens is 420 g/mol. The van der Waals surface area contributed by atoms with Gasteiger partial charge in [-0.3, -0.25) is 9.59 Å². The van der Waals surface area contributed by atoms with Crippen LogP contribution in [0.25, 0.3) is 0 Å². The van der Waals surface area contributed by atoms with Crippen molar-refractivity contribution in [2.45, 2.75) is 18.7 Å². The summed E-state index contributed by atoms with van der Waals surface area (Å²) < 4.78 is 33.6. The summed E-state index contributed by atoms with van der Waals surface area (Å²) in [6.45, 7) is 5.61. The van der Waals surface area contributed by atoms with E-state index in [1.54, 1.807) is 19.2 Å². The first kappa shape index (κ1) is 23.0. The molecule has 1 saturated heterocycles. The summed E-state index contributed by atoms with van der Waals surface area (Å²) in [6, 6.07) is 6.97. The van der Waals surface area contributed by atoms with Crippen molar-refractivity contribution in [2.24, 2.45) is 7.05 Å². The Morgan fingerprint density at radius 3 is 2.16 bits per heavy atom. The number of nitrogens with one attached hydrogen (secondary N) is 2. The monoisotopic (exact) mass is 448 g/mol. The molecule has 1 aliphatic heterocycles. The minimum Gasteiger partial charge on any atom is -0.379 e. The molecule has 0 atom stereocenters. The van der Waals surface area contributed by atoms with Gasteiger partial charge < -0.3 is 19.9 Å². The molecule has 1 aromatic carbocycles. The van der Waals surface area contributed by atoms with Gasteiger partial charge in [-0.25, -0.2) is 8.42 Å². The minimum absolute atomic E-state index is 0.0742. The molecule has 0 radical (unpaired) electrons. The van der Waals surface area contributed by atoms with E-state index in [1.165, 1.54) is 21.1 Å². The lowest BCUT2D eigenvalue weighted by Crippen LogP contribution is -2.40. The van der Waals surface area contributed by atoms with Gasteiger partial charge in [0.15, 0.2) is 0 Å². The highest BCUT2D eigenvalue weighted by molar-refractivity contribution is 7.89. The van der Waals surface area contributed by atoms with Crippen molar-refractivity contribution in [3.63, 3.8) is 0 Å². The molecule has 0 bridgehead atoms. The number of benzene rings is 1. The fourth-order valence-electron chi connectivity index (χ4n) is 3.49. The number of carbonyl (C=O) groups is 2. The third kappa shape index (κ3) is 5.52. The molecule has 0 spiro atoms. The number of aryl methyl sites for hydroxylation is 3. The van der Waals surface area contributed by atoms with Crippen molar-refractivity contribution in [1.29, 1.82) is 0 Å². The Hall–Kier alpha value is -2.69. The van der Waals surface area contributed by atoms with E-state index in [0.717, 1.165) is 11.1 Å². The Morgan fingerprint density at radius 2 is 1.55 bits per heavy atom. The number of aromatic nitrogens is 1. The maximum atomic E-state index is 12.8. The Bertz CT molecular complexity index is 1050. The largest absolute Gasteiger partial charge is 0.379 e. The number of hydrogen-bond donors (Lipinski definition) is 2. The molecule has 0 unspecified atom stereocenters. The molecule has 2 amide bonds. The summed E-state index contributed by atoms with van der Waals surface area (Å²) in [5.74, 6) is -0.620. The van der Waals surface area contributed by atoms with Crippen molar-refractivity contribution in [3.05, 3.63) is 52.8 Å². The first-order valence-electron chi connectivity index (χ1n) is 10.1. The number of ether oxygens (including phenoxy) is 1. The van der Waals surface area contributed by atoms with Gasteiger partial charge in [-0.15, -0.1) is 0 Å². The zero-order chi connectivity index (χ0) is 22.6. The quantitative estimate of drug-likeness (QED) is 0.610. The summed E-state index contributed by atoms with van der Waals surface area (Å²) in [6.07, 6.45) is 1.43. The van der Waals surface area contributed by atoms with Crippen LogP contribution in [0.4, 0.5) is 0 Å². The number of hydrogen-bond acceptors (Lipinski definition) is 5. The normalized spacial score (nSPS) is 14.9. The van der Waals surface area contributed by atoms with E-state index in [0.29, 0.717) is 31.9 Å². The molecule has 10 heteroatoms. The SMILES string of the molecule is Cc1cc(C)cc(C(=O)NCCNC(=O)c2cc(S(=O)(=O)N3CCOCC3)cn2C)c1. The maximum absolute atomic E-state index is 12.8. The van der Waals surface area contributed by atoms with Crippen LogP contribution in [0, 0.1) is 13.8 Å². The average molecular weight is 449 g/mol. The van der Waals surface area contributed by atoms with E-state index < -0.39 is 15.9 Å². The van der Waals surface area contributed by atoms with E-state index in [1.807, 2.05) is 19.9 Å². The van der Waals surface area contributed by atoms with Crippen molar-refractivity contribution in [1.82, 2.24) is 19.5 Å². The second-order valence-electron chi connectivity index (χ2n) is 7.58. The van der Waals surface area contributed by atoms with Crippen LogP contribution in [0.1, 0.15) is 32.0 Å². The topological polar surface area (TPSA) is 110 Å². The lowest BCUT2D eigenvalue weighted by atomic mass is 10.1. The van der Waals surface area contributed by atoms with E-state index in [4.69, 9.17) is 4.74 Å². The van der Waals surface area contributed by atoms with E-state index in [9.17, 15) is 18.0 Å². The predicted octanol–water partition coefficient (Wildman–Crippen LogP) is 0.823. The van der Waals surface area contributed by atoms with Crippen LogP contribution in [-0.2, 0) is 21.8 Å². The van der Waals surface area contributed by atoms with Crippen LogP contribution >= 0.6 is 0 Å². The number of rotatable bonds is 7. The predicted molar refractivity (Wildman–Crippen MR) is 116 cm³/mol. The summed E-state index contributed by atoms with van der Waals surface area (Å²) in [7, 11) is -2.06. The second kappa shape index (κ2) is 9.63. The van der Waals surface area contributed by atoms with E-state index in [2.05, 4.69) is 10.6 Å². The molecule has 31 heavy (non-hydrogen) atoms. The molecule has 9 nitrogen and oxygen atoms in total. The highest BCUT2D eigenvalue weighted by atomic mass is 32.2. The van der Waals surface area contributed by atoms with Gasteiger partial charge in [-0.05, 0) is 32.0 Å². The molecule has 3 rings (SSSR count). The Morgan fingerprint density at radius 1 is 0.968 bits per heavy atom. The van der Waals surface area contributed by atoms with Crippen LogP contribution in [0.2, 0.25) is 0 Å². The van der Waals surface area contributed by atoms with Crippen LogP contribution in [-0.4, -0.2) is 68.5 Å². The number of amides is 2. The summed E-state index contributed by atoms with van der Waals surface area (Å²) in [4.78, 5) is 24.9. The summed E-state index contributed by atoms with van der Waals surface area (Å²) in [5, 5.41) is 5.48. The van der Waals surface area contributed by atoms with Crippen molar-refractivity contribution >= 4 is 21.8 Å². The number of morpholine rings is 1. The highest BCUT2D eigenvalue weighted by Gasteiger charge is 2.28. The van der Waals surface area contributed by atoms with Crippen molar-refractivity contribution in [3.8, 4) is 0 Å². The van der Waals surface area contributed by atoms with Gasteiger partial charge in [0.25, 0.3) is 11.8 Å². The molecule has 0 saturated carbocycles. The Kier molecular flexibility index (Phi) is 7.14. The highest BCUT2D eigenvalue weighted by Crippen LogP contribution is 2.19. The van der Waals surface area contributed by atoms with Crippen LogP contribution < -0.4 is 10.6 Å². The van der Waals surface area contributed by atoms with Crippen LogP contribution in [0.15, 0.2) is 35.4 Å². The third-order valence-electron chi connectivity index (χ3n) is 5.00. The number of nitrogens with zero attached hydrogens (tertiary/aromatic N) is 2. The molecule has 2 aromatic rings. The molecule has 1 fully saturated rings. The third-order valence-corrected chi connectivity index (χ3v) is 6.86. The standard InChI is InChI=1S/C21H28N4O5S/c1-15-10-16(2)12-17(11-15)20(26)22-4-5-23-21(27)19-13-18(14-24(19)3)31(28,29)25-6-8-30-9-7-25/h10-14H,4-9H2,1-3H3,(H,22,26)(H,23,27). The first-order valence-corrected chi connectivity index (χ1v) is 11.5. The smallest absolute Gasteiger partial charge is 0.268 e. The van der Waals surface area contributed by atoms with Gasteiger partial charge in [0, 0.05) is 45.0 Å². The van der Waals surface area contributed by atoms with Gasteiger partial charge in [0.05, 0.1) is 13.2 Å². The molecule has 168 valence electrons. The fourth-order valence-corrected chi connectivity index (χ4v) is 4.97. The second-order valence-corrected chi connectivity index (χ2v) is 9.51. The fraction of sp³-hybridized carbons (Fsp3) is 0.429. The van der Waals surface area contributed by atoms with Gasteiger partial charge in [-0.2, -0.15) is 4.31 Å². The van der Waals surface area contributed by atoms with Crippen LogP contribution in [0.5, 0.6) is 0 Å². The summed E-state index contributed by atoms with van der Waals surface area (Å²) >= 11 is 0. The molecule has 1 aliphatic rings. The van der Waals surface area contributed by atoms with E-state index >= 15 is 0 Å². The van der Waals surface area contributed by atoms with Gasteiger partial charge in [0.1, 0.15) is 10.6 Å². The molecule has 1 aromatic heterocycles. The lowest BCUT2D eigenvalue weighted by Gasteiger charge is -2.25. The number of sulfonamides is 1. The molecule has 2 heterocycles. The zero-order valence-corrected chi connectivity index (χ0v) is 18.8. The van der Waals surface area contributed by atoms with E-state index in [-0.39, 0.29) is 29.6 Å². The first-order chi connectivity index (χ1) is 14.7. The van der Waals surface area contributed by atoms with Crippen molar-refractivity contribution < 1.29 is 22.7 Å². The summed E-state index contributed by atoms with van der Waals surface area (Å²) in [5.41, 5.74) is 2.81. The Balaban J connectivity index is 1.55. The van der Waals surface area contributed by atoms with Crippen LogP contribution in [0.3, 0.4) is 0 Å². The molecule has 0 aliphatic carbocycles. The van der Waals surface area contributed by atoms with Gasteiger partial charge in [-0.1, -0.05) is 17.2 Å². The average Bonchev–Trinajstić information content (AvgIpc) is 3.13. The molecule has 2 N–H and O–H groups in total. The Labute approximate surface area is 182 Å². The zero-order valence-electron chi connectivity index (χ0n) is 18.0.